The van der Waals surface area contributed by atoms with E-state index < -0.39 is 0 Å². The van der Waals surface area contributed by atoms with Gasteiger partial charge in [0.25, 0.3) is 0 Å². The fraction of sp³-hybridized carbons (Fsp3) is 0.500. The van der Waals surface area contributed by atoms with E-state index >= 15 is 0 Å². The zero-order chi connectivity index (χ0) is 10.7. The van der Waals surface area contributed by atoms with Gasteiger partial charge in [-0.25, -0.2) is 0 Å². The highest BCUT2D eigenvalue weighted by atomic mass is 16.6. The predicted molar refractivity (Wildman–Crippen MR) is 57.1 cm³/mol. The van der Waals surface area contributed by atoms with Gasteiger partial charge < -0.3 is 14.2 Å². The molecule has 0 N–H and O–H groups in total. The van der Waals surface area contributed by atoms with Gasteiger partial charge in [0, 0.05) is 7.11 Å². The summed E-state index contributed by atoms with van der Waals surface area (Å²) in [5.74, 6) is 0.887. The first-order valence-electron chi connectivity index (χ1n) is 5.17. The molecule has 2 atom stereocenters. The lowest BCUT2D eigenvalue weighted by molar-refractivity contribution is 0.119. The molecule has 0 aliphatic carbocycles. The van der Waals surface area contributed by atoms with Gasteiger partial charge in [0.1, 0.15) is 18.5 Å². The van der Waals surface area contributed by atoms with Crippen LogP contribution in [0.15, 0.2) is 24.3 Å². The minimum atomic E-state index is 0.130. The molecule has 3 heteroatoms. The lowest BCUT2D eigenvalue weighted by Gasteiger charge is -2.10. The van der Waals surface area contributed by atoms with E-state index in [9.17, 15) is 0 Å². The van der Waals surface area contributed by atoms with Crippen molar-refractivity contribution < 1.29 is 14.2 Å². The Balaban J connectivity index is 1.90. The van der Waals surface area contributed by atoms with Crippen LogP contribution in [0.3, 0.4) is 0 Å². The molecule has 1 aromatic rings. The third-order valence-electron chi connectivity index (χ3n) is 2.54. The van der Waals surface area contributed by atoms with E-state index in [0.29, 0.717) is 12.7 Å². The molecule has 2 unspecified atom stereocenters. The van der Waals surface area contributed by atoms with E-state index in [2.05, 4.69) is 0 Å². The van der Waals surface area contributed by atoms with Crippen LogP contribution in [0.5, 0.6) is 5.75 Å². The van der Waals surface area contributed by atoms with Crippen LogP contribution in [0, 0.1) is 0 Å². The Morgan fingerprint density at radius 1 is 1.40 bits per heavy atom. The molecular weight excluding hydrogens is 192 g/mol. The van der Waals surface area contributed by atoms with E-state index in [1.165, 1.54) is 0 Å². The summed E-state index contributed by atoms with van der Waals surface area (Å²) >= 11 is 0. The zero-order valence-electron chi connectivity index (χ0n) is 9.10. The number of hydrogen-bond acceptors (Lipinski definition) is 3. The van der Waals surface area contributed by atoms with Gasteiger partial charge in [-0.2, -0.15) is 0 Å². The Morgan fingerprint density at radius 2 is 2.07 bits per heavy atom. The first-order valence-corrected chi connectivity index (χ1v) is 5.17. The van der Waals surface area contributed by atoms with Crippen molar-refractivity contribution in [2.45, 2.75) is 19.1 Å². The van der Waals surface area contributed by atoms with Gasteiger partial charge in [-0.15, -0.1) is 0 Å². The third kappa shape index (κ3) is 2.94. The molecular formula is C12H16O3. The van der Waals surface area contributed by atoms with E-state index in [-0.39, 0.29) is 6.10 Å². The maximum Gasteiger partial charge on any atom is 0.119 e. The van der Waals surface area contributed by atoms with Crippen LogP contribution in [0.1, 0.15) is 18.6 Å². The van der Waals surface area contributed by atoms with E-state index in [4.69, 9.17) is 14.2 Å². The molecule has 1 aliphatic heterocycles. The summed E-state index contributed by atoms with van der Waals surface area (Å²) < 4.78 is 15.8. The second-order valence-corrected chi connectivity index (χ2v) is 3.71. The second-order valence-electron chi connectivity index (χ2n) is 3.71. The van der Waals surface area contributed by atoms with E-state index in [1.807, 2.05) is 31.2 Å². The van der Waals surface area contributed by atoms with Gasteiger partial charge in [-0.1, -0.05) is 12.1 Å². The van der Waals surface area contributed by atoms with Crippen LogP contribution in [0.2, 0.25) is 0 Å². The summed E-state index contributed by atoms with van der Waals surface area (Å²) in [4.78, 5) is 0. The Morgan fingerprint density at radius 3 is 2.60 bits per heavy atom. The molecule has 1 fully saturated rings. The van der Waals surface area contributed by atoms with E-state index in [1.54, 1.807) is 7.11 Å². The number of epoxide rings is 1. The zero-order valence-corrected chi connectivity index (χ0v) is 9.10. The molecule has 0 radical (unpaired) electrons. The highest BCUT2D eigenvalue weighted by molar-refractivity contribution is 5.28. The van der Waals surface area contributed by atoms with Gasteiger partial charge in [0.05, 0.1) is 12.7 Å². The minimum Gasteiger partial charge on any atom is -0.491 e. The van der Waals surface area contributed by atoms with Gasteiger partial charge in [0.15, 0.2) is 0 Å². The highest BCUT2D eigenvalue weighted by Gasteiger charge is 2.22. The number of methoxy groups -OCH3 is 1. The fourth-order valence-corrected chi connectivity index (χ4v) is 1.32. The van der Waals surface area contributed by atoms with E-state index in [0.717, 1.165) is 17.9 Å². The summed E-state index contributed by atoms with van der Waals surface area (Å²) in [5, 5.41) is 0. The van der Waals surface area contributed by atoms with Crippen molar-refractivity contribution in [1.82, 2.24) is 0 Å². The Hall–Kier alpha value is -1.06. The average molecular weight is 208 g/mol. The highest BCUT2D eigenvalue weighted by Crippen LogP contribution is 2.20. The monoisotopic (exact) mass is 208 g/mol. The predicted octanol–water partition coefficient (Wildman–Crippen LogP) is 2.17. The molecule has 1 heterocycles. The SMILES string of the molecule is COC(C)c1ccc(OCC2CO2)cc1. The van der Waals surface area contributed by atoms with Gasteiger partial charge in [0.2, 0.25) is 0 Å². The minimum absolute atomic E-state index is 0.130. The molecule has 82 valence electrons. The van der Waals surface area contributed by atoms with Crippen LogP contribution in [0.25, 0.3) is 0 Å². The lowest BCUT2D eigenvalue weighted by Crippen LogP contribution is -2.04. The summed E-state index contributed by atoms with van der Waals surface area (Å²) in [6.45, 7) is 3.51. The standard InChI is InChI=1S/C12H16O3/c1-9(13-2)10-3-5-11(6-4-10)14-7-12-8-15-12/h3-6,9,12H,7-8H2,1-2H3. The summed E-state index contributed by atoms with van der Waals surface area (Å²) in [5.41, 5.74) is 1.16. The molecule has 0 bridgehead atoms. The molecule has 0 amide bonds. The lowest BCUT2D eigenvalue weighted by atomic mass is 10.1. The van der Waals surface area contributed by atoms with Crippen molar-refractivity contribution in [3.05, 3.63) is 29.8 Å². The first-order chi connectivity index (χ1) is 7.29. The average Bonchev–Trinajstić information content (AvgIpc) is 3.10. The summed E-state index contributed by atoms with van der Waals surface area (Å²) in [6.07, 6.45) is 0.438. The Bertz CT molecular complexity index is 303. The van der Waals surface area contributed by atoms with Crippen molar-refractivity contribution >= 4 is 0 Å². The van der Waals surface area contributed by atoms with Crippen LogP contribution in [-0.4, -0.2) is 26.4 Å². The van der Waals surface area contributed by atoms with Crippen LogP contribution in [-0.2, 0) is 9.47 Å². The smallest absolute Gasteiger partial charge is 0.119 e. The molecule has 0 spiro atoms. The van der Waals surface area contributed by atoms with Crippen molar-refractivity contribution in [3.63, 3.8) is 0 Å². The normalized spacial score (nSPS) is 21.1. The number of rotatable bonds is 5. The van der Waals surface area contributed by atoms with Gasteiger partial charge in [-0.05, 0) is 24.6 Å². The van der Waals surface area contributed by atoms with Crippen LogP contribution >= 0.6 is 0 Å². The molecule has 0 saturated carbocycles. The first kappa shape index (κ1) is 10.5. The second kappa shape index (κ2) is 4.64. The Kier molecular flexibility index (Phi) is 3.23. The number of hydrogen-bond donors (Lipinski definition) is 0. The van der Waals surface area contributed by atoms with Crippen molar-refractivity contribution in [1.29, 1.82) is 0 Å². The molecule has 1 saturated heterocycles. The molecule has 3 nitrogen and oxygen atoms in total. The number of benzene rings is 1. The fourth-order valence-electron chi connectivity index (χ4n) is 1.32. The van der Waals surface area contributed by atoms with Crippen LogP contribution < -0.4 is 4.74 Å². The van der Waals surface area contributed by atoms with Crippen molar-refractivity contribution in [3.8, 4) is 5.75 Å². The molecule has 1 aromatic carbocycles. The van der Waals surface area contributed by atoms with Gasteiger partial charge in [-0.3, -0.25) is 0 Å². The van der Waals surface area contributed by atoms with Crippen molar-refractivity contribution in [2.75, 3.05) is 20.3 Å². The molecule has 15 heavy (non-hydrogen) atoms. The molecule has 2 rings (SSSR count). The summed E-state index contributed by atoms with van der Waals surface area (Å²) in [6, 6.07) is 7.98. The molecule has 1 aliphatic rings. The van der Waals surface area contributed by atoms with Gasteiger partial charge >= 0.3 is 0 Å². The Labute approximate surface area is 90.0 Å². The van der Waals surface area contributed by atoms with Crippen molar-refractivity contribution in [2.24, 2.45) is 0 Å². The third-order valence-corrected chi connectivity index (χ3v) is 2.54. The maximum atomic E-state index is 5.53. The number of ether oxygens (including phenoxy) is 3. The maximum absolute atomic E-state index is 5.53. The van der Waals surface area contributed by atoms with Crippen LogP contribution in [0.4, 0.5) is 0 Å². The topological polar surface area (TPSA) is 31.0 Å². The summed E-state index contributed by atoms with van der Waals surface area (Å²) in [7, 11) is 1.71. The largest absolute Gasteiger partial charge is 0.491 e. The quantitative estimate of drug-likeness (QED) is 0.695. The molecule has 0 aromatic heterocycles.